The number of pyridine rings is 1. The van der Waals surface area contributed by atoms with Gasteiger partial charge < -0.3 is 15.2 Å². The van der Waals surface area contributed by atoms with Crippen LogP contribution < -0.4 is 10.6 Å². The first kappa shape index (κ1) is 14.7. The summed E-state index contributed by atoms with van der Waals surface area (Å²) in [5.41, 5.74) is 1.76. The molecule has 0 radical (unpaired) electrons. The summed E-state index contributed by atoms with van der Waals surface area (Å²) in [6.07, 6.45) is 3.63. The number of carbonyl (C=O) groups excluding carboxylic acids is 1. The molecule has 108 valence electrons. The molecule has 2 N–H and O–H groups in total. The number of nitrogens with one attached hydrogen (secondary N) is 2. The first-order valence-corrected chi connectivity index (χ1v) is 6.47. The van der Waals surface area contributed by atoms with Crippen molar-refractivity contribution in [3.8, 4) is 0 Å². The van der Waals surface area contributed by atoms with Crippen LogP contribution in [-0.4, -0.2) is 35.2 Å². The predicted octanol–water partition coefficient (Wildman–Crippen LogP) is 1.43. The molecule has 2 aromatic rings. The molecule has 0 spiro atoms. The first-order valence-electron chi connectivity index (χ1n) is 6.47. The van der Waals surface area contributed by atoms with Gasteiger partial charge in [-0.3, -0.25) is 4.79 Å². The molecule has 1 atom stereocenters. The number of piperidine rings is 1. The van der Waals surface area contributed by atoms with Crippen LogP contribution in [0.2, 0.25) is 0 Å². The Morgan fingerprint density at radius 2 is 2.40 bits per heavy atom. The van der Waals surface area contributed by atoms with Gasteiger partial charge in [0, 0.05) is 18.8 Å². The van der Waals surface area contributed by atoms with Crippen molar-refractivity contribution >= 4 is 29.4 Å². The fraction of sp³-hybridized carbons (Fsp3) is 0.462. The van der Waals surface area contributed by atoms with Crippen molar-refractivity contribution in [2.24, 2.45) is 0 Å². The number of rotatable bonds is 2. The minimum Gasteiger partial charge on any atom is -0.348 e. The average molecular weight is 297 g/mol. The van der Waals surface area contributed by atoms with Crippen LogP contribution in [0.15, 0.2) is 16.8 Å². The highest BCUT2D eigenvalue weighted by Gasteiger charge is 2.17. The summed E-state index contributed by atoms with van der Waals surface area (Å²) >= 11 is 0. The minimum atomic E-state index is -0.0938. The van der Waals surface area contributed by atoms with Gasteiger partial charge in [0.2, 0.25) is 0 Å². The SMILES string of the molecule is Cc1noc2ncc(C(=O)N[C@H]3CCCNC3)cc12.Cl. The number of hydrogen-bond donors (Lipinski definition) is 2. The zero-order valence-corrected chi connectivity index (χ0v) is 12.0. The number of halogens is 1. The van der Waals surface area contributed by atoms with Crippen LogP contribution in [0.1, 0.15) is 28.9 Å². The van der Waals surface area contributed by atoms with Gasteiger partial charge >= 0.3 is 0 Å². The molecular formula is C13H17ClN4O2. The van der Waals surface area contributed by atoms with E-state index in [1.54, 1.807) is 6.07 Å². The molecule has 6 nitrogen and oxygen atoms in total. The highest BCUT2D eigenvalue weighted by atomic mass is 35.5. The third kappa shape index (κ3) is 2.91. The van der Waals surface area contributed by atoms with E-state index in [1.807, 2.05) is 6.92 Å². The van der Waals surface area contributed by atoms with E-state index in [0.717, 1.165) is 37.0 Å². The maximum atomic E-state index is 12.2. The first-order chi connectivity index (χ1) is 9.24. The number of carbonyl (C=O) groups is 1. The lowest BCUT2D eigenvalue weighted by molar-refractivity contribution is 0.0930. The van der Waals surface area contributed by atoms with Crippen molar-refractivity contribution in [2.45, 2.75) is 25.8 Å². The Labute approximate surface area is 122 Å². The van der Waals surface area contributed by atoms with Crippen LogP contribution in [0.3, 0.4) is 0 Å². The van der Waals surface area contributed by atoms with Crippen LogP contribution in [0.5, 0.6) is 0 Å². The maximum Gasteiger partial charge on any atom is 0.257 e. The van der Waals surface area contributed by atoms with Gasteiger partial charge in [-0.2, -0.15) is 0 Å². The van der Waals surface area contributed by atoms with Crippen molar-refractivity contribution in [1.82, 2.24) is 20.8 Å². The van der Waals surface area contributed by atoms with Crippen molar-refractivity contribution in [2.75, 3.05) is 13.1 Å². The third-order valence-electron chi connectivity index (χ3n) is 3.40. The van der Waals surface area contributed by atoms with E-state index in [4.69, 9.17) is 4.52 Å². The number of nitrogens with zero attached hydrogens (tertiary/aromatic N) is 2. The fourth-order valence-corrected chi connectivity index (χ4v) is 2.31. The Kier molecular flexibility index (Phi) is 4.57. The summed E-state index contributed by atoms with van der Waals surface area (Å²) < 4.78 is 5.03. The van der Waals surface area contributed by atoms with Crippen molar-refractivity contribution < 1.29 is 9.32 Å². The van der Waals surface area contributed by atoms with Gasteiger partial charge in [0.15, 0.2) is 0 Å². The van der Waals surface area contributed by atoms with E-state index in [0.29, 0.717) is 11.3 Å². The zero-order chi connectivity index (χ0) is 13.2. The number of fused-ring (bicyclic) bond motifs is 1. The van der Waals surface area contributed by atoms with Crippen LogP contribution in [0.4, 0.5) is 0 Å². The number of aromatic nitrogens is 2. The standard InChI is InChI=1S/C13H16N4O2.ClH/c1-8-11-5-9(6-15-13(11)19-17-8)12(18)16-10-3-2-4-14-7-10;/h5-6,10,14H,2-4,7H2,1H3,(H,16,18);1H/t10-;/m0./s1. The molecule has 1 aliphatic heterocycles. The fourth-order valence-electron chi connectivity index (χ4n) is 2.31. The summed E-state index contributed by atoms with van der Waals surface area (Å²) in [6.45, 7) is 3.69. The summed E-state index contributed by atoms with van der Waals surface area (Å²) in [6, 6.07) is 1.97. The molecule has 0 bridgehead atoms. The quantitative estimate of drug-likeness (QED) is 0.876. The van der Waals surface area contributed by atoms with Crippen molar-refractivity contribution in [3.05, 3.63) is 23.5 Å². The minimum absolute atomic E-state index is 0. The Bertz CT molecular complexity index is 607. The Hall–Kier alpha value is -1.66. The molecule has 3 rings (SSSR count). The lowest BCUT2D eigenvalue weighted by Crippen LogP contribution is -2.45. The maximum absolute atomic E-state index is 12.2. The Balaban J connectivity index is 0.00000147. The van der Waals surface area contributed by atoms with E-state index in [9.17, 15) is 4.79 Å². The second-order valence-corrected chi connectivity index (χ2v) is 4.86. The molecule has 20 heavy (non-hydrogen) atoms. The summed E-state index contributed by atoms with van der Waals surface area (Å²) in [5, 5.41) is 10.9. The lowest BCUT2D eigenvalue weighted by atomic mass is 10.1. The van der Waals surface area contributed by atoms with Gasteiger partial charge in [0.05, 0.1) is 16.6 Å². The zero-order valence-electron chi connectivity index (χ0n) is 11.2. The molecule has 0 aliphatic carbocycles. The van der Waals surface area contributed by atoms with Gasteiger partial charge in [-0.15, -0.1) is 12.4 Å². The van der Waals surface area contributed by atoms with E-state index in [-0.39, 0.29) is 24.4 Å². The van der Waals surface area contributed by atoms with Crippen molar-refractivity contribution in [1.29, 1.82) is 0 Å². The van der Waals surface area contributed by atoms with Crippen LogP contribution in [0.25, 0.3) is 11.1 Å². The molecule has 0 saturated carbocycles. The van der Waals surface area contributed by atoms with Gasteiger partial charge in [-0.25, -0.2) is 4.98 Å². The molecule has 0 aromatic carbocycles. The Morgan fingerprint density at radius 1 is 1.55 bits per heavy atom. The van der Waals surface area contributed by atoms with E-state index in [1.165, 1.54) is 6.20 Å². The molecule has 7 heteroatoms. The van der Waals surface area contributed by atoms with Gasteiger partial charge in [-0.1, -0.05) is 5.16 Å². The monoisotopic (exact) mass is 296 g/mol. The van der Waals surface area contributed by atoms with Crippen LogP contribution >= 0.6 is 12.4 Å². The second kappa shape index (κ2) is 6.19. The van der Waals surface area contributed by atoms with Gasteiger partial charge in [-0.05, 0) is 32.4 Å². The molecule has 1 aliphatic rings. The van der Waals surface area contributed by atoms with Crippen LogP contribution in [-0.2, 0) is 0 Å². The van der Waals surface area contributed by atoms with E-state index >= 15 is 0 Å². The number of aryl methyl sites for hydroxylation is 1. The molecule has 2 aromatic heterocycles. The topological polar surface area (TPSA) is 80.0 Å². The predicted molar refractivity (Wildman–Crippen MR) is 77.1 cm³/mol. The number of hydrogen-bond acceptors (Lipinski definition) is 5. The molecule has 1 amide bonds. The summed E-state index contributed by atoms with van der Waals surface area (Å²) in [4.78, 5) is 16.3. The third-order valence-corrected chi connectivity index (χ3v) is 3.40. The molecule has 0 unspecified atom stereocenters. The smallest absolute Gasteiger partial charge is 0.257 e. The van der Waals surface area contributed by atoms with Crippen LogP contribution in [0, 0.1) is 6.92 Å². The number of amides is 1. The van der Waals surface area contributed by atoms with E-state index in [2.05, 4.69) is 20.8 Å². The second-order valence-electron chi connectivity index (χ2n) is 4.86. The average Bonchev–Trinajstić information content (AvgIpc) is 2.81. The normalized spacial score (nSPS) is 18.6. The van der Waals surface area contributed by atoms with Gasteiger partial charge in [0.1, 0.15) is 0 Å². The highest BCUT2D eigenvalue weighted by Crippen LogP contribution is 2.16. The molecular weight excluding hydrogens is 280 g/mol. The molecule has 3 heterocycles. The summed E-state index contributed by atoms with van der Waals surface area (Å²) in [7, 11) is 0. The Morgan fingerprint density at radius 3 is 3.15 bits per heavy atom. The van der Waals surface area contributed by atoms with Crippen molar-refractivity contribution in [3.63, 3.8) is 0 Å². The lowest BCUT2D eigenvalue weighted by Gasteiger charge is -2.23. The van der Waals surface area contributed by atoms with E-state index < -0.39 is 0 Å². The van der Waals surface area contributed by atoms with Gasteiger partial charge in [0.25, 0.3) is 11.6 Å². The molecule has 1 fully saturated rings. The highest BCUT2D eigenvalue weighted by molar-refractivity contribution is 5.97. The summed E-state index contributed by atoms with van der Waals surface area (Å²) in [5.74, 6) is -0.0938. The largest absolute Gasteiger partial charge is 0.348 e. The molecule has 1 saturated heterocycles.